The molecule has 0 radical (unpaired) electrons. The highest BCUT2D eigenvalue weighted by Crippen LogP contribution is 2.13. The van der Waals surface area contributed by atoms with Gasteiger partial charge in [-0.3, -0.25) is 4.68 Å². The first kappa shape index (κ1) is 13.4. The molecule has 2 heterocycles. The zero-order valence-electron chi connectivity index (χ0n) is 11.6. The number of aryl methyl sites for hydroxylation is 4. The second-order valence-corrected chi connectivity index (χ2v) is 4.53. The number of rotatable bonds is 5. The molecule has 5 nitrogen and oxygen atoms in total. The molecule has 19 heavy (non-hydrogen) atoms. The molecule has 0 aliphatic rings. The zero-order chi connectivity index (χ0) is 13.8. The van der Waals surface area contributed by atoms with Crippen molar-refractivity contribution in [2.75, 3.05) is 6.61 Å². The first-order valence-corrected chi connectivity index (χ1v) is 6.42. The third kappa shape index (κ3) is 3.05. The first-order chi connectivity index (χ1) is 9.11. The van der Waals surface area contributed by atoms with Crippen molar-refractivity contribution < 1.29 is 9.53 Å². The van der Waals surface area contributed by atoms with Crippen LogP contribution in [0.15, 0.2) is 24.7 Å². The maximum atomic E-state index is 11.9. The average Bonchev–Trinajstić information content (AvgIpc) is 2.93. The van der Waals surface area contributed by atoms with Crippen molar-refractivity contribution >= 4 is 5.97 Å². The summed E-state index contributed by atoms with van der Waals surface area (Å²) < 4.78 is 8.81. The molecule has 0 saturated carbocycles. The van der Waals surface area contributed by atoms with Crippen LogP contribution in [0.25, 0.3) is 0 Å². The van der Waals surface area contributed by atoms with Gasteiger partial charge in [-0.2, -0.15) is 5.10 Å². The number of hydrogen-bond acceptors (Lipinski definition) is 3. The number of carbonyl (C=O) groups is 1. The summed E-state index contributed by atoms with van der Waals surface area (Å²) in [7, 11) is 1.90. The summed E-state index contributed by atoms with van der Waals surface area (Å²) in [4.78, 5) is 11.9. The molecule has 5 heteroatoms. The van der Waals surface area contributed by atoms with Crippen LogP contribution < -0.4 is 0 Å². The Morgan fingerprint density at radius 3 is 2.89 bits per heavy atom. The van der Waals surface area contributed by atoms with Crippen molar-refractivity contribution in [3.05, 3.63) is 41.5 Å². The largest absolute Gasteiger partial charge is 0.461 e. The van der Waals surface area contributed by atoms with Gasteiger partial charge in [0.25, 0.3) is 0 Å². The second-order valence-electron chi connectivity index (χ2n) is 4.53. The van der Waals surface area contributed by atoms with Crippen LogP contribution >= 0.6 is 0 Å². The van der Waals surface area contributed by atoms with Gasteiger partial charge in [0.05, 0.1) is 12.8 Å². The van der Waals surface area contributed by atoms with E-state index in [4.69, 9.17) is 4.74 Å². The van der Waals surface area contributed by atoms with E-state index in [-0.39, 0.29) is 5.97 Å². The van der Waals surface area contributed by atoms with Gasteiger partial charge in [0.15, 0.2) is 0 Å². The predicted octanol–water partition coefficient (Wildman–Crippen LogP) is 1.95. The number of nitrogens with zero attached hydrogens (tertiary/aromatic N) is 3. The second kappa shape index (κ2) is 5.73. The van der Waals surface area contributed by atoms with Crippen LogP contribution in [0.1, 0.15) is 28.5 Å². The monoisotopic (exact) mass is 261 g/mol. The molecule has 2 rings (SSSR count). The highest BCUT2D eigenvalue weighted by molar-refractivity contribution is 5.89. The lowest BCUT2D eigenvalue weighted by atomic mass is 10.2. The smallest absolute Gasteiger partial charge is 0.355 e. The minimum Gasteiger partial charge on any atom is -0.461 e. The number of aromatic nitrogens is 3. The Bertz CT molecular complexity index is 569. The Balaban J connectivity index is 2.10. The number of hydrogen-bond donors (Lipinski definition) is 0. The van der Waals surface area contributed by atoms with Gasteiger partial charge in [0, 0.05) is 26.0 Å². The fraction of sp³-hybridized carbons (Fsp3) is 0.429. The van der Waals surface area contributed by atoms with Crippen molar-refractivity contribution in [2.24, 2.45) is 7.05 Å². The van der Waals surface area contributed by atoms with Gasteiger partial charge in [-0.1, -0.05) is 0 Å². The van der Waals surface area contributed by atoms with Gasteiger partial charge < -0.3 is 9.30 Å². The molecule has 0 amide bonds. The summed E-state index contributed by atoms with van der Waals surface area (Å²) in [5, 5.41) is 4.14. The number of esters is 1. The SMILES string of the molecule is CCOC(=O)c1c(C)ccn1CCc1cnn(C)c1. The molecule has 0 aromatic carbocycles. The lowest BCUT2D eigenvalue weighted by molar-refractivity contribution is 0.0513. The Morgan fingerprint density at radius 1 is 1.47 bits per heavy atom. The molecule has 0 bridgehead atoms. The molecule has 2 aromatic heterocycles. The summed E-state index contributed by atoms with van der Waals surface area (Å²) in [6.45, 7) is 4.88. The van der Waals surface area contributed by atoms with Crippen molar-refractivity contribution in [3.63, 3.8) is 0 Å². The van der Waals surface area contributed by atoms with E-state index in [1.807, 2.05) is 50.1 Å². The van der Waals surface area contributed by atoms with Crippen LogP contribution in [-0.2, 0) is 24.8 Å². The molecule has 0 atom stereocenters. The van der Waals surface area contributed by atoms with Crippen molar-refractivity contribution in [1.82, 2.24) is 14.3 Å². The third-order valence-electron chi connectivity index (χ3n) is 3.03. The molecule has 0 fully saturated rings. The lowest BCUT2D eigenvalue weighted by Crippen LogP contribution is -2.14. The van der Waals surface area contributed by atoms with Crippen molar-refractivity contribution in [3.8, 4) is 0 Å². The van der Waals surface area contributed by atoms with Crippen LogP contribution in [0.4, 0.5) is 0 Å². The van der Waals surface area contributed by atoms with Crippen LogP contribution in [0.3, 0.4) is 0 Å². The number of carbonyl (C=O) groups excluding carboxylic acids is 1. The Kier molecular flexibility index (Phi) is 4.04. The maximum Gasteiger partial charge on any atom is 0.355 e. The van der Waals surface area contributed by atoms with Crippen LogP contribution in [0.2, 0.25) is 0 Å². The van der Waals surface area contributed by atoms with E-state index < -0.39 is 0 Å². The number of ether oxygens (including phenoxy) is 1. The zero-order valence-corrected chi connectivity index (χ0v) is 11.6. The van der Waals surface area contributed by atoms with Crippen LogP contribution in [0, 0.1) is 6.92 Å². The fourth-order valence-electron chi connectivity index (χ4n) is 2.10. The van der Waals surface area contributed by atoms with E-state index in [1.54, 1.807) is 4.68 Å². The van der Waals surface area contributed by atoms with Crippen molar-refractivity contribution in [1.29, 1.82) is 0 Å². The molecule has 0 N–H and O–H groups in total. The summed E-state index contributed by atoms with van der Waals surface area (Å²) in [5.41, 5.74) is 2.75. The summed E-state index contributed by atoms with van der Waals surface area (Å²) in [6, 6.07) is 1.94. The Hall–Kier alpha value is -2.04. The standard InChI is InChI=1S/C14H19N3O2/c1-4-19-14(18)13-11(2)5-7-17(13)8-6-12-9-15-16(3)10-12/h5,7,9-10H,4,6,8H2,1-3H3. The normalized spacial score (nSPS) is 10.7. The maximum absolute atomic E-state index is 11.9. The molecule has 0 saturated heterocycles. The molecule has 0 spiro atoms. The van der Waals surface area contributed by atoms with Crippen molar-refractivity contribution in [2.45, 2.75) is 26.8 Å². The van der Waals surface area contributed by atoms with Gasteiger partial charge in [-0.25, -0.2) is 4.79 Å². The van der Waals surface area contributed by atoms with Gasteiger partial charge in [-0.15, -0.1) is 0 Å². The highest BCUT2D eigenvalue weighted by atomic mass is 16.5. The van der Waals surface area contributed by atoms with Crippen LogP contribution in [-0.4, -0.2) is 26.9 Å². The molecular weight excluding hydrogens is 242 g/mol. The summed E-state index contributed by atoms with van der Waals surface area (Å²) in [6.07, 6.45) is 6.60. The van der Waals surface area contributed by atoms with Crippen LogP contribution in [0.5, 0.6) is 0 Å². The third-order valence-corrected chi connectivity index (χ3v) is 3.03. The Labute approximate surface area is 112 Å². The van der Waals surface area contributed by atoms with E-state index in [2.05, 4.69) is 5.10 Å². The van der Waals surface area contributed by atoms with E-state index >= 15 is 0 Å². The van der Waals surface area contributed by atoms with Gasteiger partial charge >= 0.3 is 5.97 Å². The molecule has 0 unspecified atom stereocenters. The Morgan fingerprint density at radius 2 is 2.26 bits per heavy atom. The van der Waals surface area contributed by atoms with Gasteiger partial charge in [-0.05, 0) is 37.5 Å². The molecule has 0 aliphatic carbocycles. The molecule has 102 valence electrons. The van der Waals surface area contributed by atoms with E-state index in [1.165, 1.54) is 0 Å². The minimum absolute atomic E-state index is 0.254. The topological polar surface area (TPSA) is 49.1 Å². The minimum atomic E-state index is -0.254. The van der Waals surface area contributed by atoms with E-state index in [9.17, 15) is 4.79 Å². The summed E-state index contributed by atoms with van der Waals surface area (Å²) in [5.74, 6) is -0.254. The predicted molar refractivity (Wildman–Crippen MR) is 72.0 cm³/mol. The molecule has 0 aliphatic heterocycles. The van der Waals surface area contributed by atoms with Gasteiger partial charge in [0.2, 0.25) is 0 Å². The first-order valence-electron chi connectivity index (χ1n) is 6.42. The van der Waals surface area contributed by atoms with E-state index in [0.717, 1.165) is 24.1 Å². The fourth-order valence-corrected chi connectivity index (χ4v) is 2.10. The van der Waals surface area contributed by atoms with Gasteiger partial charge in [0.1, 0.15) is 5.69 Å². The lowest BCUT2D eigenvalue weighted by Gasteiger charge is -2.09. The highest BCUT2D eigenvalue weighted by Gasteiger charge is 2.15. The average molecular weight is 261 g/mol. The quantitative estimate of drug-likeness (QED) is 0.773. The molecule has 2 aromatic rings. The van der Waals surface area contributed by atoms with E-state index in [0.29, 0.717) is 12.3 Å². The summed E-state index contributed by atoms with van der Waals surface area (Å²) >= 11 is 0. The molecular formula is C14H19N3O2.